The van der Waals surface area contributed by atoms with Crippen LogP contribution in [0.4, 0.5) is 0 Å². The monoisotopic (exact) mass is 363 g/mol. The molecule has 0 aliphatic carbocycles. The molecule has 144 valence electrons. The van der Waals surface area contributed by atoms with E-state index in [0.717, 1.165) is 42.5 Å². The molecule has 2 atom stereocenters. The molecule has 0 amide bonds. The van der Waals surface area contributed by atoms with Gasteiger partial charge in [-0.05, 0) is 30.0 Å². The van der Waals surface area contributed by atoms with Gasteiger partial charge in [0.2, 0.25) is 0 Å². The summed E-state index contributed by atoms with van der Waals surface area (Å²) in [4.78, 5) is 18.3. The minimum Gasteiger partial charge on any atom is -0.493 e. The quantitative estimate of drug-likeness (QED) is 0.470. The van der Waals surface area contributed by atoms with Gasteiger partial charge in [-0.2, -0.15) is 0 Å². The number of methoxy groups -OCH3 is 3. The molecule has 7 nitrogen and oxygen atoms in total. The maximum absolute atomic E-state index is 11.9. The van der Waals surface area contributed by atoms with Crippen LogP contribution in [0.3, 0.4) is 0 Å². The second kappa shape index (κ2) is 9.31. The molecule has 1 aromatic rings. The highest BCUT2D eigenvalue weighted by Gasteiger charge is 2.36. The first kappa shape index (κ1) is 19.9. The third-order valence-corrected chi connectivity index (χ3v) is 4.77. The fourth-order valence-electron chi connectivity index (χ4n) is 3.28. The number of likely N-dealkylation sites (tertiary alicyclic amines) is 1. The zero-order chi connectivity index (χ0) is 19.1. The number of nitrogens with zero attached hydrogens (tertiary/aromatic N) is 2. The van der Waals surface area contributed by atoms with E-state index < -0.39 is 0 Å². The highest BCUT2D eigenvalue weighted by atomic mass is 16.5. The predicted molar refractivity (Wildman–Crippen MR) is 101 cm³/mol. The first-order valence-corrected chi connectivity index (χ1v) is 8.78. The number of ether oxygens (including phenoxy) is 3. The van der Waals surface area contributed by atoms with Crippen molar-refractivity contribution in [2.75, 3.05) is 48.0 Å². The molecule has 26 heavy (non-hydrogen) atoms. The lowest BCUT2D eigenvalue weighted by Crippen LogP contribution is -2.41. The van der Waals surface area contributed by atoms with Crippen LogP contribution in [0.1, 0.15) is 12.5 Å². The fraction of sp³-hybridized carbons (Fsp3) is 0.579. The Bertz CT molecular complexity index is 648. The van der Waals surface area contributed by atoms with Crippen LogP contribution in [0, 0.1) is 11.8 Å². The maximum Gasteiger partial charge on any atom is 0.310 e. The van der Waals surface area contributed by atoms with E-state index in [1.54, 1.807) is 21.3 Å². The molecule has 0 radical (unpaired) electrons. The molecule has 0 aromatic heterocycles. The van der Waals surface area contributed by atoms with E-state index in [0.29, 0.717) is 6.54 Å². The van der Waals surface area contributed by atoms with E-state index in [4.69, 9.17) is 14.2 Å². The number of rotatable bonds is 6. The van der Waals surface area contributed by atoms with E-state index in [2.05, 4.69) is 22.1 Å². The van der Waals surface area contributed by atoms with Gasteiger partial charge in [-0.15, -0.1) is 0 Å². The number of nitrogens with one attached hydrogen (secondary N) is 1. The summed E-state index contributed by atoms with van der Waals surface area (Å²) in [6.07, 6.45) is 0.823. The molecule has 0 bridgehead atoms. The van der Waals surface area contributed by atoms with Crippen molar-refractivity contribution >= 4 is 11.9 Å². The van der Waals surface area contributed by atoms with Gasteiger partial charge in [0.1, 0.15) is 0 Å². The topological polar surface area (TPSA) is 72.4 Å². The molecule has 1 aliphatic heterocycles. The van der Waals surface area contributed by atoms with Crippen LogP contribution < -0.4 is 14.8 Å². The van der Waals surface area contributed by atoms with Gasteiger partial charge >= 0.3 is 5.97 Å². The summed E-state index contributed by atoms with van der Waals surface area (Å²) in [6.45, 7) is 4.22. The number of hydrogen-bond donors (Lipinski definition) is 1. The second-order valence-electron chi connectivity index (χ2n) is 6.43. The number of benzene rings is 1. The lowest BCUT2D eigenvalue weighted by molar-refractivity contribution is -0.145. The summed E-state index contributed by atoms with van der Waals surface area (Å²) < 4.78 is 15.5. The fourth-order valence-corrected chi connectivity index (χ4v) is 3.28. The Morgan fingerprint density at radius 3 is 2.58 bits per heavy atom. The third-order valence-electron chi connectivity index (χ3n) is 4.77. The Hall–Kier alpha value is -2.44. The molecule has 1 N–H and O–H groups in total. The third kappa shape index (κ3) is 4.59. The molecular formula is C19H29N3O4. The number of hydrogen-bond acceptors (Lipinski definition) is 5. The van der Waals surface area contributed by atoms with Crippen molar-refractivity contribution in [2.45, 2.75) is 13.3 Å². The van der Waals surface area contributed by atoms with Gasteiger partial charge in [0.15, 0.2) is 17.5 Å². The first-order chi connectivity index (χ1) is 12.5. The Morgan fingerprint density at radius 1 is 1.23 bits per heavy atom. The molecular weight excluding hydrogens is 334 g/mol. The summed E-state index contributed by atoms with van der Waals surface area (Å²) >= 11 is 0. The molecule has 1 fully saturated rings. The number of carbonyl (C=O) groups excluding carboxylic acids is 1. The lowest BCUT2D eigenvalue weighted by atomic mass is 9.99. The molecule has 1 aromatic carbocycles. The summed E-state index contributed by atoms with van der Waals surface area (Å²) in [6, 6.07) is 5.91. The second-order valence-corrected chi connectivity index (χ2v) is 6.43. The standard InChI is InChI=1S/C19H29N3O4/c1-13-11-22(12-15(13)18(23)26-5)19(20-2)21-9-8-14-6-7-16(24-3)17(10-14)25-4/h6-7,10,13,15H,8-9,11-12H2,1-5H3,(H,20,21). The van der Waals surface area contributed by atoms with Crippen molar-refractivity contribution in [1.29, 1.82) is 0 Å². The van der Waals surface area contributed by atoms with Gasteiger partial charge in [0.05, 0.1) is 27.2 Å². The van der Waals surface area contributed by atoms with Gasteiger partial charge in [-0.3, -0.25) is 9.79 Å². The van der Waals surface area contributed by atoms with Gasteiger partial charge < -0.3 is 24.4 Å². The number of esters is 1. The normalized spacial score (nSPS) is 20.0. The molecule has 2 unspecified atom stereocenters. The van der Waals surface area contributed by atoms with Crippen molar-refractivity contribution in [3.05, 3.63) is 23.8 Å². The SMILES string of the molecule is CN=C(NCCc1ccc(OC)c(OC)c1)N1CC(C)C(C(=O)OC)C1. The Labute approximate surface area is 155 Å². The summed E-state index contributed by atoms with van der Waals surface area (Å²) in [7, 11) is 6.46. The molecule has 7 heteroatoms. The van der Waals surface area contributed by atoms with Crippen LogP contribution in [0.15, 0.2) is 23.2 Å². The lowest BCUT2D eigenvalue weighted by Gasteiger charge is -2.21. The Morgan fingerprint density at radius 2 is 1.96 bits per heavy atom. The summed E-state index contributed by atoms with van der Waals surface area (Å²) in [5.41, 5.74) is 1.15. The van der Waals surface area contributed by atoms with E-state index in [1.165, 1.54) is 7.11 Å². The van der Waals surface area contributed by atoms with Gasteiger partial charge in [-0.1, -0.05) is 13.0 Å². The molecule has 1 heterocycles. The minimum absolute atomic E-state index is 0.107. The van der Waals surface area contributed by atoms with E-state index in [-0.39, 0.29) is 17.8 Å². The summed E-state index contributed by atoms with van der Waals surface area (Å²) in [5, 5.41) is 3.38. The van der Waals surface area contributed by atoms with Crippen LogP contribution in [0.2, 0.25) is 0 Å². The molecule has 0 spiro atoms. The van der Waals surface area contributed by atoms with Crippen molar-refractivity contribution in [2.24, 2.45) is 16.8 Å². The average molecular weight is 363 g/mol. The Balaban J connectivity index is 1.91. The molecule has 0 saturated carbocycles. The van der Waals surface area contributed by atoms with E-state index in [1.807, 2.05) is 18.2 Å². The summed E-state index contributed by atoms with van der Waals surface area (Å²) in [5.74, 6) is 2.24. The Kier molecular flexibility index (Phi) is 7.12. The zero-order valence-electron chi connectivity index (χ0n) is 16.2. The largest absolute Gasteiger partial charge is 0.493 e. The molecule has 1 aliphatic rings. The van der Waals surface area contributed by atoms with Gasteiger partial charge in [-0.25, -0.2) is 0 Å². The van der Waals surface area contributed by atoms with Crippen molar-refractivity contribution in [1.82, 2.24) is 10.2 Å². The number of guanidine groups is 1. The van der Waals surface area contributed by atoms with E-state index >= 15 is 0 Å². The first-order valence-electron chi connectivity index (χ1n) is 8.78. The average Bonchev–Trinajstić information content (AvgIpc) is 3.05. The van der Waals surface area contributed by atoms with E-state index in [9.17, 15) is 4.79 Å². The minimum atomic E-state index is -0.152. The van der Waals surface area contributed by atoms with Crippen LogP contribution >= 0.6 is 0 Å². The smallest absolute Gasteiger partial charge is 0.310 e. The van der Waals surface area contributed by atoms with Gasteiger partial charge in [0, 0.05) is 26.7 Å². The van der Waals surface area contributed by atoms with Crippen LogP contribution in [-0.2, 0) is 16.0 Å². The number of carbonyl (C=O) groups is 1. The molecule has 1 saturated heterocycles. The van der Waals surface area contributed by atoms with Crippen molar-refractivity contribution < 1.29 is 19.0 Å². The van der Waals surface area contributed by atoms with Crippen molar-refractivity contribution in [3.63, 3.8) is 0 Å². The van der Waals surface area contributed by atoms with Gasteiger partial charge in [0.25, 0.3) is 0 Å². The number of aliphatic imine (C=N–C) groups is 1. The zero-order valence-corrected chi connectivity index (χ0v) is 16.2. The van der Waals surface area contributed by atoms with Crippen LogP contribution in [0.5, 0.6) is 11.5 Å². The predicted octanol–water partition coefficient (Wildman–Crippen LogP) is 1.56. The van der Waals surface area contributed by atoms with Crippen molar-refractivity contribution in [3.8, 4) is 11.5 Å². The van der Waals surface area contributed by atoms with Crippen LogP contribution in [0.25, 0.3) is 0 Å². The maximum atomic E-state index is 11.9. The molecule has 2 rings (SSSR count). The highest BCUT2D eigenvalue weighted by molar-refractivity contribution is 5.82. The highest BCUT2D eigenvalue weighted by Crippen LogP contribution is 2.27. The van der Waals surface area contributed by atoms with Crippen LogP contribution in [-0.4, -0.2) is 64.8 Å².